The number of amides is 1. The molecule has 0 saturated carbocycles. The number of fused-ring (bicyclic) bond motifs is 1. The van der Waals surface area contributed by atoms with Crippen molar-refractivity contribution in [2.24, 2.45) is 5.92 Å². The fourth-order valence-corrected chi connectivity index (χ4v) is 5.00. The van der Waals surface area contributed by atoms with Crippen LogP contribution in [0.25, 0.3) is 22.3 Å². The number of halogens is 3. The van der Waals surface area contributed by atoms with E-state index in [1.54, 1.807) is 11.1 Å². The van der Waals surface area contributed by atoms with Gasteiger partial charge in [0.1, 0.15) is 11.2 Å². The van der Waals surface area contributed by atoms with E-state index in [2.05, 4.69) is 14.9 Å². The number of ether oxygens (including phenoxy) is 1. The highest BCUT2D eigenvalue weighted by Gasteiger charge is 2.31. The highest BCUT2D eigenvalue weighted by molar-refractivity contribution is 6.33. The number of benzene rings is 2. The minimum Gasteiger partial charge on any atom is -0.444 e. The Labute approximate surface area is 230 Å². The minimum absolute atomic E-state index is 0.183. The van der Waals surface area contributed by atoms with E-state index in [9.17, 15) is 13.6 Å². The molecule has 3 heterocycles. The second-order valence-electron chi connectivity index (χ2n) is 10.8. The summed E-state index contributed by atoms with van der Waals surface area (Å²) in [6.07, 6.45) is 2.25. The first-order chi connectivity index (χ1) is 18.6. The van der Waals surface area contributed by atoms with Crippen LogP contribution in [0.3, 0.4) is 0 Å². The van der Waals surface area contributed by atoms with Crippen molar-refractivity contribution in [3.05, 3.63) is 76.9 Å². The minimum atomic E-state index is -0.902. The number of hydrogen-bond acceptors (Lipinski definition) is 5. The molecule has 5 rings (SSSR count). The topological polar surface area (TPSA) is 72.3 Å². The van der Waals surface area contributed by atoms with E-state index >= 15 is 0 Å². The lowest BCUT2D eigenvalue weighted by Gasteiger charge is -2.24. The highest BCUT2D eigenvalue weighted by atomic mass is 35.5. The van der Waals surface area contributed by atoms with Crippen LogP contribution in [0.1, 0.15) is 32.8 Å². The molecule has 2 aromatic carbocycles. The van der Waals surface area contributed by atoms with Gasteiger partial charge in [-0.05, 0) is 62.9 Å². The maximum absolute atomic E-state index is 13.6. The Morgan fingerprint density at radius 1 is 1.15 bits per heavy atom. The molecule has 204 valence electrons. The molecule has 0 aliphatic carbocycles. The summed E-state index contributed by atoms with van der Waals surface area (Å²) in [4.78, 5) is 23.6. The monoisotopic (exact) mass is 553 g/mol. The number of likely N-dealkylation sites (tertiary alicyclic amines) is 1. The van der Waals surface area contributed by atoms with Crippen LogP contribution < -0.4 is 5.32 Å². The third-order valence-electron chi connectivity index (χ3n) is 6.60. The number of hydrogen-bond donors (Lipinski definition) is 1. The summed E-state index contributed by atoms with van der Waals surface area (Å²) in [5.41, 5.74) is 2.50. The molecular formula is C29H30ClF2N5O2. The number of rotatable bonds is 6. The smallest absolute Gasteiger partial charge is 0.410 e. The van der Waals surface area contributed by atoms with Gasteiger partial charge in [0.05, 0.1) is 5.69 Å². The average Bonchev–Trinajstić information content (AvgIpc) is 3.49. The summed E-state index contributed by atoms with van der Waals surface area (Å²) in [5, 5.41) is 4.56. The maximum Gasteiger partial charge on any atom is 0.410 e. The van der Waals surface area contributed by atoms with Crippen molar-refractivity contribution in [2.45, 2.75) is 45.9 Å². The molecule has 1 atom stereocenters. The lowest BCUT2D eigenvalue weighted by molar-refractivity contribution is 0.0287. The fraction of sp³-hybridized carbons (Fsp3) is 0.345. The van der Waals surface area contributed by atoms with Crippen molar-refractivity contribution in [1.29, 1.82) is 0 Å². The average molecular weight is 554 g/mol. The molecule has 1 unspecified atom stereocenters. The van der Waals surface area contributed by atoms with Gasteiger partial charge in [0.15, 0.2) is 11.6 Å². The van der Waals surface area contributed by atoms with E-state index in [0.717, 1.165) is 35.2 Å². The van der Waals surface area contributed by atoms with Crippen molar-refractivity contribution in [1.82, 2.24) is 19.4 Å². The van der Waals surface area contributed by atoms with Gasteiger partial charge in [-0.2, -0.15) is 4.98 Å². The van der Waals surface area contributed by atoms with Crippen LogP contribution in [0, 0.1) is 17.6 Å². The third-order valence-corrected chi connectivity index (χ3v) is 6.93. The second-order valence-corrected chi connectivity index (χ2v) is 11.2. The zero-order valence-corrected chi connectivity index (χ0v) is 22.8. The van der Waals surface area contributed by atoms with Crippen LogP contribution >= 0.6 is 11.6 Å². The third kappa shape index (κ3) is 6.14. The van der Waals surface area contributed by atoms with E-state index in [4.69, 9.17) is 21.3 Å². The molecule has 2 aromatic heterocycles. The van der Waals surface area contributed by atoms with Gasteiger partial charge in [-0.1, -0.05) is 35.9 Å². The number of anilines is 1. The van der Waals surface area contributed by atoms with Gasteiger partial charge in [0.2, 0.25) is 5.95 Å². The summed E-state index contributed by atoms with van der Waals surface area (Å²) >= 11 is 6.59. The van der Waals surface area contributed by atoms with Crippen LogP contribution in [0.15, 0.2) is 54.7 Å². The van der Waals surface area contributed by atoms with Crippen molar-refractivity contribution < 1.29 is 18.3 Å². The molecule has 0 bridgehead atoms. The van der Waals surface area contributed by atoms with Gasteiger partial charge in [-0.15, -0.1) is 0 Å². The number of nitrogens with one attached hydrogen (secondary N) is 1. The molecule has 0 spiro atoms. The number of nitrogens with zero attached hydrogens (tertiary/aromatic N) is 4. The largest absolute Gasteiger partial charge is 0.444 e. The van der Waals surface area contributed by atoms with E-state index in [1.807, 2.05) is 51.1 Å². The van der Waals surface area contributed by atoms with Crippen molar-refractivity contribution in [2.75, 3.05) is 18.4 Å². The molecule has 0 radical (unpaired) electrons. The van der Waals surface area contributed by atoms with Crippen molar-refractivity contribution in [3.63, 3.8) is 0 Å². The molecular weight excluding hydrogens is 524 g/mol. The first-order valence-electron chi connectivity index (χ1n) is 12.8. The molecule has 1 aliphatic heterocycles. The summed E-state index contributed by atoms with van der Waals surface area (Å²) in [7, 11) is 0. The van der Waals surface area contributed by atoms with E-state index in [1.165, 1.54) is 6.07 Å². The number of aromatic nitrogens is 3. The first kappa shape index (κ1) is 26.9. The summed E-state index contributed by atoms with van der Waals surface area (Å²) in [6.45, 7) is 7.62. The Balaban J connectivity index is 1.43. The summed E-state index contributed by atoms with van der Waals surface area (Å²) in [6, 6.07) is 13.4. The highest BCUT2D eigenvalue weighted by Crippen LogP contribution is 2.34. The second kappa shape index (κ2) is 10.8. The molecule has 39 heavy (non-hydrogen) atoms. The SMILES string of the molecule is CC(C)(C)OC(=O)N1CCC(Cn2c(-c3ccccc3Cl)cc3cnc(NCc4ccc(F)c(F)c4)nc32)C1. The number of carbonyl (C=O) groups is 1. The summed E-state index contributed by atoms with van der Waals surface area (Å²) < 4.78 is 34.6. The van der Waals surface area contributed by atoms with Crippen LogP contribution in [0.4, 0.5) is 19.5 Å². The van der Waals surface area contributed by atoms with Gasteiger partial charge in [0.25, 0.3) is 0 Å². The van der Waals surface area contributed by atoms with Gasteiger partial charge in [-0.25, -0.2) is 18.6 Å². The first-order valence-corrected chi connectivity index (χ1v) is 13.2. The van der Waals surface area contributed by atoms with Crippen LogP contribution in [0.2, 0.25) is 5.02 Å². The predicted molar refractivity (Wildman–Crippen MR) is 148 cm³/mol. The Morgan fingerprint density at radius 2 is 1.95 bits per heavy atom. The van der Waals surface area contributed by atoms with Crippen LogP contribution in [0.5, 0.6) is 0 Å². The molecule has 10 heteroatoms. The quantitative estimate of drug-likeness (QED) is 0.281. The zero-order chi connectivity index (χ0) is 27.7. The van der Waals surface area contributed by atoms with E-state index < -0.39 is 17.2 Å². The molecule has 7 nitrogen and oxygen atoms in total. The molecule has 1 saturated heterocycles. The standard InChI is InChI=1S/C29H30ClF2N5O2/c1-29(2,3)39-28(38)36-11-10-19(16-36)17-37-25(21-6-4-5-7-22(21)30)13-20-15-34-27(35-26(20)37)33-14-18-8-9-23(31)24(32)12-18/h4-9,12-13,15,19H,10-11,14,16-17H2,1-3H3,(H,33,34,35). The molecule has 1 N–H and O–H groups in total. The number of carbonyl (C=O) groups excluding carboxylic acids is 1. The molecule has 1 aliphatic rings. The predicted octanol–water partition coefficient (Wildman–Crippen LogP) is 6.90. The lowest BCUT2D eigenvalue weighted by Crippen LogP contribution is -2.35. The normalized spacial score (nSPS) is 15.6. The van der Waals surface area contributed by atoms with Crippen molar-refractivity contribution in [3.8, 4) is 11.3 Å². The van der Waals surface area contributed by atoms with E-state index in [-0.39, 0.29) is 18.6 Å². The maximum atomic E-state index is 13.6. The lowest BCUT2D eigenvalue weighted by atomic mass is 10.1. The van der Waals surface area contributed by atoms with Gasteiger partial charge in [-0.3, -0.25) is 0 Å². The van der Waals surface area contributed by atoms with E-state index in [0.29, 0.717) is 41.8 Å². The Bertz CT molecular complexity index is 1520. The van der Waals surface area contributed by atoms with Gasteiger partial charge in [0, 0.05) is 48.3 Å². The van der Waals surface area contributed by atoms with Crippen molar-refractivity contribution >= 4 is 34.7 Å². The molecule has 1 fully saturated rings. The van der Waals surface area contributed by atoms with Crippen LogP contribution in [-0.2, 0) is 17.8 Å². The molecule has 4 aromatic rings. The van der Waals surface area contributed by atoms with Gasteiger partial charge >= 0.3 is 6.09 Å². The summed E-state index contributed by atoms with van der Waals surface area (Å²) in [5.74, 6) is -1.25. The Morgan fingerprint density at radius 3 is 2.69 bits per heavy atom. The van der Waals surface area contributed by atoms with Gasteiger partial charge < -0.3 is 19.5 Å². The van der Waals surface area contributed by atoms with Crippen LogP contribution in [-0.4, -0.2) is 44.2 Å². The Hall–Kier alpha value is -3.72. The molecule has 1 amide bonds. The zero-order valence-electron chi connectivity index (χ0n) is 22.0. The fourth-order valence-electron chi connectivity index (χ4n) is 4.76. The Kier molecular flexibility index (Phi) is 7.44.